The smallest absolute Gasteiger partial charge is 0.274 e. The van der Waals surface area contributed by atoms with Gasteiger partial charge in [0.05, 0.1) is 12.4 Å². The van der Waals surface area contributed by atoms with Crippen molar-refractivity contribution in [3.8, 4) is 0 Å². The zero-order valence-corrected chi connectivity index (χ0v) is 15.0. The van der Waals surface area contributed by atoms with Crippen LogP contribution in [-0.4, -0.2) is 53.0 Å². The molecule has 2 heterocycles. The summed E-state index contributed by atoms with van der Waals surface area (Å²) in [6.45, 7) is 3.09. The molecule has 1 aliphatic carbocycles. The van der Waals surface area contributed by atoms with Crippen molar-refractivity contribution < 1.29 is 4.79 Å². The summed E-state index contributed by atoms with van der Waals surface area (Å²) < 4.78 is 0. The summed E-state index contributed by atoms with van der Waals surface area (Å²) in [6, 6.07) is 10.8. The maximum absolute atomic E-state index is 12.7. The third-order valence-corrected chi connectivity index (χ3v) is 5.27. The van der Waals surface area contributed by atoms with Gasteiger partial charge in [-0.25, -0.2) is 9.97 Å². The maximum Gasteiger partial charge on any atom is 0.274 e. The van der Waals surface area contributed by atoms with Crippen molar-refractivity contribution in [1.82, 2.24) is 14.9 Å². The second kappa shape index (κ2) is 7.72. The lowest BCUT2D eigenvalue weighted by atomic mass is 10.2. The van der Waals surface area contributed by atoms with Crippen LogP contribution < -0.4 is 10.2 Å². The predicted molar refractivity (Wildman–Crippen MR) is 102 cm³/mol. The summed E-state index contributed by atoms with van der Waals surface area (Å²) in [5.74, 6) is 0.736. The molecule has 2 fully saturated rings. The number of rotatable bonds is 4. The molecular weight excluding hydrogens is 326 g/mol. The average molecular weight is 351 g/mol. The molecule has 1 amide bonds. The normalized spacial score (nSPS) is 18.2. The van der Waals surface area contributed by atoms with Crippen LogP contribution in [0.5, 0.6) is 0 Å². The van der Waals surface area contributed by atoms with E-state index in [1.807, 2.05) is 23.1 Å². The average Bonchev–Trinajstić information content (AvgIpc) is 3.22. The molecule has 1 N–H and O–H groups in total. The molecule has 2 aromatic rings. The minimum absolute atomic E-state index is 0.0300. The van der Waals surface area contributed by atoms with Crippen LogP contribution in [-0.2, 0) is 0 Å². The number of piperazine rings is 1. The molecule has 0 radical (unpaired) electrons. The Morgan fingerprint density at radius 3 is 2.35 bits per heavy atom. The molecule has 1 aromatic heterocycles. The summed E-state index contributed by atoms with van der Waals surface area (Å²) in [5, 5.41) is 3.41. The van der Waals surface area contributed by atoms with E-state index >= 15 is 0 Å². The van der Waals surface area contributed by atoms with Gasteiger partial charge >= 0.3 is 0 Å². The molecule has 6 heteroatoms. The van der Waals surface area contributed by atoms with E-state index in [1.54, 1.807) is 12.4 Å². The number of hydrogen-bond donors (Lipinski definition) is 1. The van der Waals surface area contributed by atoms with Gasteiger partial charge in [-0.3, -0.25) is 4.79 Å². The van der Waals surface area contributed by atoms with E-state index in [-0.39, 0.29) is 5.91 Å². The molecule has 1 saturated carbocycles. The molecule has 1 saturated heterocycles. The summed E-state index contributed by atoms with van der Waals surface area (Å²) in [7, 11) is 0. The van der Waals surface area contributed by atoms with Crippen LogP contribution in [0.4, 0.5) is 11.5 Å². The molecule has 136 valence electrons. The quantitative estimate of drug-likeness (QED) is 0.918. The Labute approximate surface area is 154 Å². The van der Waals surface area contributed by atoms with Crippen molar-refractivity contribution in [2.75, 3.05) is 36.4 Å². The minimum atomic E-state index is -0.0300. The van der Waals surface area contributed by atoms with Crippen molar-refractivity contribution in [2.24, 2.45) is 0 Å². The van der Waals surface area contributed by atoms with Gasteiger partial charge < -0.3 is 15.1 Å². The standard InChI is InChI=1S/C20H25N5O/c26-20(18-14-22-19(15-21-18)23-16-6-4-5-7-16)25-12-10-24(11-13-25)17-8-2-1-3-9-17/h1-3,8-9,14-16H,4-7,10-13H2,(H,22,23). The molecule has 4 rings (SSSR count). The first-order chi connectivity index (χ1) is 12.8. The Hall–Kier alpha value is -2.63. The molecule has 0 bridgehead atoms. The number of amides is 1. The highest BCUT2D eigenvalue weighted by Crippen LogP contribution is 2.21. The monoisotopic (exact) mass is 351 g/mol. The van der Waals surface area contributed by atoms with Crippen LogP contribution in [0.1, 0.15) is 36.2 Å². The second-order valence-electron chi connectivity index (χ2n) is 7.03. The fraction of sp³-hybridized carbons (Fsp3) is 0.450. The number of hydrogen-bond acceptors (Lipinski definition) is 5. The van der Waals surface area contributed by atoms with Gasteiger partial charge in [-0.15, -0.1) is 0 Å². The third kappa shape index (κ3) is 3.79. The minimum Gasteiger partial charge on any atom is -0.368 e. The van der Waals surface area contributed by atoms with Crippen LogP contribution in [0.2, 0.25) is 0 Å². The van der Waals surface area contributed by atoms with Crippen molar-refractivity contribution in [3.05, 3.63) is 48.4 Å². The molecule has 1 aliphatic heterocycles. The third-order valence-electron chi connectivity index (χ3n) is 5.27. The lowest BCUT2D eigenvalue weighted by molar-refractivity contribution is 0.0740. The molecule has 0 spiro atoms. The predicted octanol–water partition coefficient (Wildman–Crippen LogP) is 2.79. The molecule has 2 aliphatic rings. The molecule has 26 heavy (non-hydrogen) atoms. The Kier molecular flexibility index (Phi) is 5.00. The van der Waals surface area contributed by atoms with Crippen LogP contribution in [0, 0.1) is 0 Å². The Balaban J connectivity index is 1.33. The Morgan fingerprint density at radius 2 is 1.69 bits per heavy atom. The van der Waals surface area contributed by atoms with Gasteiger partial charge in [0.15, 0.2) is 0 Å². The van der Waals surface area contributed by atoms with E-state index in [1.165, 1.54) is 31.4 Å². The number of aromatic nitrogens is 2. The highest BCUT2D eigenvalue weighted by atomic mass is 16.2. The summed E-state index contributed by atoms with van der Waals surface area (Å²) in [6.07, 6.45) is 8.21. The van der Waals surface area contributed by atoms with Gasteiger partial charge in [-0.05, 0) is 25.0 Å². The van der Waals surface area contributed by atoms with E-state index in [0.29, 0.717) is 24.8 Å². The first kappa shape index (κ1) is 16.8. The van der Waals surface area contributed by atoms with E-state index in [4.69, 9.17) is 0 Å². The van der Waals surface area contributed by atoms with E-state index in [0.717, 1.165) is 18.9 Å². The first-order valence-corrected chi connectivity index (χ1v) is 9.47. The number of para-hydroxylation sites is 1. The zero-order valence-electron chi connectivity index (χ0n) is 15.0. The van der Waals surface area contributed by atoms with E-state index in [9.17, 15) is 4.79 Å². The number of benzene rings is 1. The Bertz CT molecular complexity index is 720. The molecule has 6 nitrogen and oxygen atoms in total. The Morgan fingerprint density at radius 1 is 0.962 bits per heavy atom. The highest BCUT2D eigenvalue weighted by molar-refractivity contribution is 5.92. The number of nitrogens with one attached hydrogen (secondary N) is 1. The SMILES string of the molecule is O=C(c1cnc(NC2CCCC2)cn1)N1CCN(c2ccccc2)CC1. The molecule has 0 atom stereocenters. The van der Waals surface area contributed by atoms with E-state index in [2.05, 4.69) is 32.3 Å². The maximum atomic E-state index is 12.7. The van der Waals surface area contributed by atoms with Crippen molar-refractivity contribution in [3.63, 3.8) is 0 Å². The summed E-state index contributed by atoms with van der Waals surface area (Å²) >= 11 is 0. The number of nitrogens with zero attached hydrogens (tertiary/aromatic N) is 4. The van der Waals surface area contributed by atoms with Crippen LogP contribution in [0.25, 0.3) is 0 Å². The van der Waals surface area contributed by atoms with Crippen LogP contribution >= 0.6 is 0 Å². The van der Waals surface area contributed by atoms with Gasteiger partial charge in [0.2, 0.25) is 0 Å². The van der Waals surface area contributed by atoms with Crippen molar-refractivity contribution in [1.29, 1.82) is 0 Å². The lowest BCUT2D eigenvalue weighted by Crippen LogP contribution is -2.49. The highest BCUT2D eigenvalue weighted by Gasteiger charge is 2.23. The largest absolute Gasteiger partial charge is 0.368 e. The molecular formula is C20H25N5O. The van der Waals surface area contributed by atoms with Crippen LogP contribution in [0.15, 0.2) is 42.7 Å². The summed E-state index contributed by atoms with van der Waals surface area (Å²) in [5.41, 5.74) is 1.64. The van der Waals surface area contributed by atoms with Gasteiger partial charge in [-0.1, -0.05) is 31.0 Å². The van der Waals surface area contributed by atoms with E-state index < -0.39 is 0 Å². The fourth-order valence-electron chi connectivity index (χ4n) is 3.76. The number of anilines is 2. The second-order valence-corrected chi connectivity index (χ2v) is 7.03. The molecule has 1 aromatic carbocycles. The topological polar surface area (TPSA) is 61.4 Å². The number of carbonyl (C=O) groups is 1. The fourth-order valence-corrected chi connectivity index (χ4v) is 3.76. The van der Waals surface area contributed by atoms with Gasteiger partial charge in [0.1, 0.15) is 11.5 Å². The van der Waals surface area contributed by atoms with Crippen LogP contribution in [0.3, 0.4) is 0 Å². The lowest BCUT2D eigenvalue weighted by Gasteiger charge is -2.35. The van der Waals surface area contributed by atoms with Gasteiger partial charge in [0, 0.05) is 37.9 Å². The summed E-state index contributed by atoms with van der Waals surface area (Å²) in [4.78, 5) is 25.6. The van der Waals surface area contributed by atoms with Crippen molar-refractivity contribution >= 4 is 17.4 Å². The van der Waals surface area contributed by atoms with Crippen molar-refractivity contribution in [2.45, 2.75) is 31.7 Å². The van der Waals surface area contributed by atoms with Gasteiger partial charge in [-0.2, -0.15) is 0 Å². The number of carbonyl (C=O) groups excluding carboxylic acids is 1. The van der Waals surface area contributed by atoms with Gasteiger partial charge in [0.25, 0.3) is 5.91 Å². The molecule has 0 unspecified atom stereocenters. The zero-order chi connectivity index (χ0) is 17.8. The first-order valence-electron chi connectivity index (χ1n) is 9.47.